The number of rotatable bonds is 2. The molecule has 1 aromatic carbocycles. The monoisotopic (exact) mass is 384 g/mol. The minimum absolute atomic E-state index is 0.194. The normalized spacial score (nSPS) is 11.3. The van der Waals surface area contributed by atoms with Gasteiger partial charge in [0.25, 0.3) is 5.56 Å². The van der Waals surface area contributed by atoms with Gasteiger partial charge in [-0.25, -0.2) is 4.98 Å². The molecule has 3 aromatic heterocycles. The zero-order chi connectivity index (χ0) is 16.8. The Bertz CT molecular complexity index is 1150. The molecule has 3 heterocycles. The predicted molar refractivity (Wildman–Crippen MR) is 95.1 cm³/mol. The molecule has 0 fully saturated rings. The zero-order valence-corrected chi connectivity index (χ0v) is 14.6. The number of nitrogens with zero attached hydrogens (tertiary/aromatic N) is 4. The molecule has 0 saturated carbocycles. The highest BCUT2D eigenvalue weighted by molar-refractivity contribution is 9.10. The fourth-order valence-corrected chi connectivity index (χ4v) is 3.37. The third kappa shape index (κ3) is 2.05. The predicted octanol–water partition coefficient (Wildman–Crippen LogP) is 3.11. The summed E-state index contributed by atoms with van der Waals surface area (Å²) in [5.74, 6) is 0.686. The number of methoxy groups -OCH3 is 1. The van der Waals surface area contributed by atoms with E-state index >= 15 is 0 Å². The Kier molecular flexibility index (Phi) is 3.38. The molecule has 0 unspecified atom stereocenters. The standard InChI is InChI=1S/C17H13BrN4O2/c1-10-12(4-3-5-19-10)22-14-8-11(18)15(24-2)9-13(14)21-7-6-20-16(21)17(22)23/h3-9H,1-2H3. The number of aromatic nitrogens is 4. The molecule has 7 heteroatoms. The van der Waals surface area contributed by atoms with E-state index in [4.69, 9.17) is 4.74 Å². The summed E-state index contributed by atoms with van der Waals surface area (Å²) in [5, 5.41) is 0. The first-order valence-corrected chi connectivity index (χ1v) is 8.08. The summed E-state index contributed by atoms with van der Waals surface area (Å²) in [6, 6.07) is 7.45. The fraction of sp³-hybridized carbons (Fsp3) is 0.118. The van der Waals surface area contributed by atoms with Gasteiger partial charge in [-0.1, -0.05) is 0 Å². The Labute approximate surface area is 145 Å². The number of benzene rings is 1. The van der Waals surface area contributed by atoms with Gasteiger partial charge in [-0.15, -0.1) is 0 Å². The van der Waals surface area contributed by atoms with Crippen LogP contribution >= 0.6 is 15.9 Å². The number of fused-ring (bicyclic) bond motifs is 3. The summed E-state index contributed by atoms with van der Waals surface area (Å²) in [7, 11) is 1.61. The molecule has 4 aromatic rings. The van der Waals surface area contributed by atoms with Gasteiger partial charge < -0.3 is 4.74 Å². The van der Waals surface area contributed by atoms with Crippen molar-refractivity contribution >= 4 is 32.6 Å². The molecule has 120 valence electrons. The minimum Gasteiger partial charge on any atom is -0.495 e. The molecule has 0 N–H and O–H groups in total. The van der Waals surface area contributed by atoms with Crippen LogP contribution in [0, 0.1) is 6.92 Å². The van der Waals surface area contributed by atoms with Crippen molar-refractivity contribution in [1.29, 1.82) is 0 Å². The topological polar surface area (TPSA) is 61.4 Å². The van der Waals surface area contributed by atoms with Crippen LogP contribution in [0.1, 0.15) is 5.69 Å². The van der Waals surface area contributed by atoms with Crippen molar-refractivity contribution in [2.24, 2.45) is 0 Å². The smallest absolute Gasteiger partial charge is 0.299 e. The highest BCUT2D eigenvalue weighted by atomic mass is 79.9. The average Bonchev–Trinajstić information content (AvgIpc) is 3.06. The third-order valence-corrected chi connectivity index (χ3v) is 4.62. The van der Waals surface area contributed by atoms with Crippen LogP contribution in [0.4, 0.5) is 0 Å². The number of hydrogen-bond donors (Lipinski definition) is 0. The van der Waals surface area contributed by atoms with Crippen LogP contribution in [0.5, 0.6) is 5.75 Å². The second-order valence-electron chi connectivity index (χ2n) is 5.34. The number of pyridine rings is 1. The van der Waals surface area contributed by atoms with Gasteiger partial charge in [0.1, 0.15) is 5.75 Å². The summed E-state index contributed by atoms with van der Waals surface area (Å²) in [6.07, 6.45) is 5.09. The lowest BCUT2D eigenvalue weighted by molar-refractivity contribution is 0.412. The lowest BCUT2D eigenvalue weighted by Crippen LogP contribution is -2.22. The van der Waals surface area contributed by atoms with Gasteiger partial charge in [-0.05, 0) is 41.1 Å². The number of hydrogen-bond acceptors (Lipinski definition) is 4. The first kappa shape index (κ1) is 14.9. The van der Waals surface area contributed by atoms with E-state index in [1.165, 1.54) is 0 Å². The van der Waals surface area contributed by atoms with Crippen molar-refractivity contribution in [3.63, 3.8) is 0 Å². The van der Waals surface area contributed by atoms with E-state index in [1.54, 1.807) is 34.7 Å². The number of aryl methyl sites for hydroxylation is 1. The average molecular weight is 385 g/mol. The zero-order valence-electron chi connectivity index (χ0n) is 13.0. The Morgan fingerprint density at radius 2 is 2.00 bits per heavy atom. The van der Waals surface area contributed by atoms with Crippen LogP contribution in [0.25, 0.3) is 22.4 Å². The van der Waals surface area contributed by atoms with Crippen LogP contribution < -0.4 is 10.3 Å². The van der Waals surface area contributed by atoms with E-state index in [9.17, 15) is 4.79 Å². The van der Waals surface area contributed by atoms with Crippen molar-refractivity contribution in [2.45, 2.75) is 6.92 Å². The Hall–Kier alpha value is -2.67. The molecule has 0 aliphatic heterocycles. The van der Waals surface area contributed by atoms with E-state index in [0.29, 0.717) is 11.4 Å². The summed E-state index contributed by atoms with van der Waals surface area (Å²) in [4.78, 5) is 21.6. The molecule has 0 radical (unpaired) electrons. The van der Waals surface area contributed by atoms with Gasteiger partial charge in [-0.2, -0.15) is 0 Å². The van der Waals surface area contributed by atoms with Crippen molar-refractivity contribution in [3.8, 4) is 11.4 Å². The van der Waals surface area contributed by atoms with Gasteiger partial charge in [-0.3, -0.25) is 18.7 Å². The number of imidazole rings is 1. The Morgan fingerprint density at radius 3 is 2.75 bits per heavy atom. The van der Waals surface area contributed by atoms with E-state index < -0.39 is 0 Å². The Balaban J connectivity index is 2.27. The summed E-state index contributed by atoms with van der Waals surface area (Å²) >= 11 is 3.50. The van der Waals surface area contributed by atoms with E-state index in [0.717, 1.165) is 26.9 Å². The Morgan fingerprint density at radius 1 is 1.17 bits per heavy atom. The van der Waals surface area contributed by atoms with E-state index in [2.05, 4.69) is 25.9 Å². The maximum Gasteiger partial charge on any atom is 0.299 e. The molecule has 6 nitrogen and oxygen atoms in total. The van der Waals surface area contributed by atoms with Gasteiger partial charge in [0.05, 0.1) is 34.0 Å². The van der Waals surface area contributed by atoms with Gasteiger partial charge in [0.2, 0.25) is 5.65 Å². The van der Waals surface area contributed by atoms with E-state index in [1.807, 2.05) is 31.2 Å². The molecule has 0 saturated heterocycles. The second kappa shape index (κ2) is 5.45. The largest absolute Gasteiger partial charge is 0.495 e. The van der Waals surface area contributed by atoms with Crippen molar-refractivity contribution in [1.82, 2.24) is 18.9 Å². The van der Waals surface area contributed by atoms with Crippen molar-refractivity contribution < 1.29 is 4.74 Å². The molecule has 0 spiro atoms. The number of ether oxygens (including phenoxy) is 1. The molecule has 0 aliphatic carbocycles. The third-order valence-electron chi connectivity index (χ3n) is 4.00. The SMILES string of the molecule is COc1cc2c(cc1Br)n(-c1cccnc1C)c(=O)c1nccn12. The maximum absolute atomic E-state index is 13.0. The van der Waals surface area contributed by atoms with Gasteiger partial charge in [0.15, 0.2) is 0 Å². The molecule has 0 atom stereocenters. The van der Waals surface area contributed by atoms with Crippen LogP contribution in [0.15, 0.2) is 52.1 Å². The first-order chi connectivity index (χ1) is 11.6. The second-order valence-corrected chi connectivity index (χ2v) is 6.20. The summed E-state index contributed by atoms with van der Waals surface area (Å²) in [5.41, 5.74) is 3.23. The van der Waals surface area contributed by atoms with Crippen LogP contribution in [-0.2, 0) is 0 Å². The highest BCUT2D eigenvalue weighted by Crippen LogP contribution is 2.31. The van der Waals surface area contributed by atoms with Gasteiger partial charge in [0, 0.05) is 24.7 Å². The van der Waals surface area contributed by atoms with Crippen LogP contribution in [0.3, 0.4) is 0 Å². The molecule has 0 amide bonds. The molecule has 0 bridgehead atoms. The molecule has 0 aliphatic rings. The summed E-state index contributed by atoms with van der Waals surface area (Å²) < 4.78 is 9.58. The van der Waals surface area contributed by atoms with Crippen molar-refractivity contribution in [3.05, 3.63) is 63.4 Å². The molecule has 24 heavy (non-hydrogen) atoms. The minimum atomic E-state index is -0.194. The van der Waals surface area contributed by atoms with E-state index in [-0.39, 0.29) is 5.56 Å². The first-order valence-electron chi connectivity index (χ1n) is 7.29. The maximum atomic E-state index is 13.0. The van der Waals surface area contributed by atoms with Crippen molar-refractivity contribution in [2.75, 3.05) is 7.11 Å². The lowest BCUT2D eigenvalue weighted by Gasteiger charge is -2.15. The fourth-order valence-electron chi connectivity index (χ4n) is 2.88. The molecular formula is C17H13BrN4O2. The molecular weight excluding hydrogens is 372 g/mol. The number of halogens is 1. The molecule has 4 rings (SSSR count). The highest BCUT2D eigenvalue weighted by Gasteiger charge is 2.16. The van der Waals surface area contributed by atoms with Crippen LogP contribution in [0.2, 0.25) is 0 Å². The quantitative estimate of drug-likeness (QED) is 0.532. The van der Waals surface area contributed by atoms with Gasteiger partial charge >= 0.3 is 0 Å². The van der Waals surface area contributed by atoms with Crippen LogP contribution in [-0.4, -0.2) is 26.0 Å². The summed E-state index contributed by atoms with van der Waals surface area (Å²) in [6.45, 7) is 1.88. The lowest BCUT2D eigenvalue weighted by atomic mass is 10.2.